The zero-order chi connectivity index (χ0) is 39.0. The third kappa shape index (κ3) is 8.80. The molecule has 3 aromatic heterocycles. The number of carbonyl (C=O) groups excluding carboxylic acids is 3. The van der Waals surface area contributed by atoms with Crippen LogP contribution in [-0.2, 0) is 14.1 Å². The Labute approximate surface area is 309 Å². The predicted octanol–water partition coefficient (Wildman–Crippen LogP) is 7.11. The van der Waals surface area contributed by atoms with Crippen LogP contribution in [0.2, 0.25) is 0 Å². The van der Waals surface area contributed by atoms with E-state index in [9.17, 15) is 19.2 Å². The van der Waals surface area contributed by atoms with Crippen molar-refractivity contribution in [3.63, 3.8) is 0 Å². The van der Waals surface area contributed by atoms with E-state index in [0.717, 1.165) is 0 Å². The van der Waals surface area contributed by atoms with Crippen molar-refractivity contribution >= 4 is 34.9 Å². The van der Waals surface area contributed by atoms with Crippen molar-refractivity contribution in [2.45, 2.75) is 54.0 Å². The second kappa shape index (κ2) is 17.3. The lowest BCUT2D eigenvalue weighted by Crippen LogP contribution is -2.28. The Morgan fingerprint density at radius 2 is 1.66 bits per heavy atom. The molecular weight excluding hydrogens is 672 g/mol. The second-order valence-corrected chi connectivity index (χ2v) is 12.4. The number of aryl methyl sites for hydroxylation is 4. The van der Waals surface area contributed by atoms with Crippen molar-refractivity contribution in [1.82, 2.24) is 24.4 Å². The number of pyridine rings is 1. The van der Waals surface area contributed by atoms with E-state index in [2.05, 4.69) is 20.7 Å². The van der Waals surface area contributed by atoms with Crippen LogP contribution in [0.15, 0.2) is 88.5 Å². The number of allylic oxidation sites excluding steroid dienone is 1. The smallest absolute Gasteiger partial charge is 0.290 e. The maximum Gasteiger partial charge on any atom is 0.290 e. The summed E-state index contributed by atoms with van der Waals surface area (Å²) in [6, 6.07) is 16.6. The Balaban J connectivity index is 0.000000714. The van der Waals surface area contributed by atoms with Gasteiger partial charge in [0.2, 0.25) is 0 Å². The fourth-order valence-electron chi connectivity index (χ4n) is 6.07. The van der Waals surface area contributed by atoms with Crippen LogP contribution in [-0.4, -0.2) is 56.2 Å². The molecule has 2 N–H and O–H groups in total. The van der Waals surface area contributed by atoms with Crippen LogP contribution in [0.25, 0.3) is 11.1 Å². The van der Waals surface area contributed by atoms with Crippen LogP contribution in [0, 0.1) is 13.8 Å². The molecule has 13 nitrogen and oxygen atoms in total. The summed E-state index contributed by atoms with van der Waals surface area (Å²) < 4.78 is 8.19. The molecule has 1 unspecified atom stereocenters. The highest BCUT2D eigenvalue weighted by molar-refractivity contribution is 6.15. The molecule has 0 radical (unpaired) electrons. The van der Waals surface area contributed by atoms with Gasteiger partial charge in [0.1, 0.15) is 11.5 Å². The van der Waals surface area contributed by atoms with Gasteiger partial charge in [-0.2, -0.15) is 9.84 Å². The molecule has 0 spiro atoms. The lowest BCUT2D eigenvalue weighted by Gasteiger charge is -2.25. The molecule has 0 saturated heterocycles. The normalized spacial score (nSPS) is 13.1. The minimum Gasteiger partial charge on any atom is -0.384 e. The first kappa shape index (κ1) is 39.5. The van der Waals surface area contributed by atoms with Gasteiger partial charge in [-0.25, -0.2) is 4.98 Å². The topological polar surface area (TPSA) is 148 Å². The Kier molecular flexibility index (Phi) is 12.9. The highest BCUT2D eigenvalue weighted by Crippen LogP contribution is 2.41. The van der Waals surface area contributed by atoms with Gasteiger partial charge in [-0.1, -0.05) is 45.0 Å². The maximum atomic E-state index is 13.8. The van der Waals surface area contributed by atoms with Crippen molar-refractivity contribution in [3.8, 4) is 11.1 Å². The number of nitrogens with one attached hydrogen (secondary N) is 2. The molecule has 4 heterocycles. The maximum absolute atomic E-state index is 13.8. The Morgan fingerprint density at radius 3 is 2.21 bits per heavy atom. The van der Waals surface area contributed by atoms with Gasteiger partial charge in [0.25, 0.3) is 23.3 Å². The standard InChI is InChI=1S/C33H31N7O5.C5H11N.C2H6/c1-6-25-28-24(32(43)40(25)23-12-10-20(11-13-23)27-19(3)45-39(5)33(27)44)16-18(2)34-29(28)31(42)35-22-9-7-8-21(17-22)30(41)36-26-14-15-38(4)37-26;1-4-5-6(2)3;1-2/h7-17,25H,6H2,1-5H3,(H,35,42)(H,36,37,41);4-5H,1-3H3;1-2H3/b;5-4-;. The summed E-state index contributed by atoms with van der Waals surface area (Å²) in [5.74, 6) is -0.199. The van der Waals surface area contributed by atoms with Crippen molar-refractivity contribution in [2.24, 2.45) is 14.1 Å². The molecule has 53 heavy (non-hydrogen) atoms. The van der Waals surface area contributed by atoms with Crippen molar-refractivity contribution in [3.05, 3.63) is 123 Å². The molecule has 1 aliphatic rings. The molecule has 2 aromatic carbocycles. The van der Waals surface area contributed by atoms with Crippen LogP contribution < -0.4 is 21.1 Å². The minimum absolute atomic E-state index is 0.144. The highest BCUT2D eigenvalue weighted by atomic mass is 16.5. The zero-order valence-electron chi connectivity index (χ0n) is 32.0. The van der Waals surface area contributed by atoms with Crippen LogP contribution in [0.1, 0.15) is 88.4 Å². The average Bonchev–Trinajstić information content (AvgIpc) is 3.76. The summed E-state index contributed by atoms with van der Waals surface area (Å²) in [5, 5.41) is 9.75. The number of hydrogen-bond donors (Lipinski definition) is 2. The van der Waals surface area contributed by atoms with Gasteiger partial charge in [-0.3, -0.25) is 23.9 Å². The van der Waals surface area contributed by atoms with E-state index < -0.39 is 11.9 Å². The molecule has 0 saturated carbocycles. The average molecular weight is 721 g/mol. The summed E-state index contributed by atoms with van der Waals surface area (Å²) in [7, 11) is 7.31. The van der Waals surface area contributed by atoms with Gasteiger partial charge < -0.3 is 25.0 Å². The van der Waals surface area contributed by atoms with E-state index in [0.29, 0.717) is 62.9 Å². The fraction of sp³-hybridized carbons (Fsp3) is 0.300. The first-order chi connectivity index (χ1) is 25.3. The highest BCUT2D eigenvalue weighted by Gasteiger charge is 2.40. The van der Waals surface area contributed by atoms with Gasteiger partial charge >= 0.3 is 0 Å². The lowest BCUT2D eigenvalue weighted by atomic mass is 9.99. The summed E-state index contributed by atoms with van der Waals surface area (Å²) >= 11 is 0. The van der Waals surface area contributed by atoms with Gasteiger partial charge in [-0.15, -0.1) is 0 Å². The summed E-state index contributed by atoms with van der Waals surface area (Å²) in [5.41, 5.74) is 3.87. The monoisotopic (exact) mass is 720 g/mol. The number of aromatic nitrogens is 4. The van der Waals surface area contributed by atoms with Crippen molar-refractivity contribution < 1.29 is 18.9 Å². The molecule has 6 rings (SSSR count). The molecular formula is C40H48N8O5. The molecule has 3 amide bonds. The van der Waals surface area contributed by atoms with Gasteiger partial charge in [-0.05, 0) is 75.4 Å². The number of amides is 3. The summed E-state index contributed by atoms with van der Waals surface area (Å²) in [4.78, 5) is 61.1. The first-order valence-corrected chi connectivity index (χ1v) is 17.5. The van der Waals surface area contributed by atoms with Crippen molar-refractivity contribution in [2.75, 3.05) is 29.6 Å². The predicted molar refractivity (Wildman–Crippen MR) is 208 cm³/mol. The Morgan fingerprint density at radius 1 is 0.962 bits per heavy atom. The van der Waals surface area contributed by atoms with E-state index in [1.165, 1.54) is 4.74 Å². The molecule has 0 bridgehead atoms. The number of nitrogens with zero attached hydrogens (tertiary/aromatic N) is 6. The number of benzene rings is 2. The van der Waals surface area contributed by atoms with Gasteiger partial charge in [0.15, 0.2) is 5.82 Å². The number of fused-ring (bicyclic) bond motifs is 1. The van der Waals surface area contributed by atoms with Crippen LogP contribution in [0.5, 0.6) is 0 Å². The van der Waals surface area contributed by atoms with Crippen LogP contribution in [0.3, 0.4) is 0 Å². The number of anilines is 3. The van der Waals surface area contributed by atoms with Gasteiger partial charge in [0.05, 0.1) is 11.6 Å². The molecule has 1 aliphatic heterocycles. The SMILES string of the molecule is C/C=C\N(C)C.CC.CCC1c2c(cc(C)nc2C(=O)Nc2cccc(C(=O)Nc3ccn(C)n3)c2)C(=O)N1c1ccc(-c2c(C)on(C)c2=O)cc1. The largest absolute Gasteiger partial charge is 0.384 e. The number of carbonyl (C=O) groups is 3. The van der Waals surface area contributed by atoms with Crippen LogP contribution >= 0.6 is 0 Å². The fourth-order valence-corrected chi connectivity index (χ4v) is 6.07. The molecule has 5 aromatic rings. The van der Waals surface area contributed by atoms with Gasteiger partial charge in [0, 0.05) is 74.2 Å². The molecule has 0 aliphatic carbocycles. The van der Waals surface area contributed by atoms with Crippen LogP contribution in [0.4, 0.5) is 17.2 Å². The summed E-state index contributed by atoms with van der Waals surface area (Å²) in [6.45, 7) is 11.4. The molecule has 0 fully saturated rings. The van der Waals surface area contributed by atoms with E-state index in [1.54, 1.807) is 104 Å². The molecule has 13 heteroatoms. The quantitative estimate of drug-likeness (QED) is 0.172. The molecule has 278 valence electrons. The van der Waals surface area contributed by atoms with Crippen molar-refractivity contribution in [1.29, 1.82) is 0 Å². The Bertz CT molecular complexity index is 2180. The lowest BCUT2D eigenvalue weighted by molar-refractivity contribution is 0.0988. The van der Waals surface area contributed by atoms with E-state index in [1.807, 2.05) is 59.0 Å². The minimum atomic E-state index is -0.494. The third-order valence-corrected chi connectivity index (χ3v) is 8.23. The third-order valence-electron chi connectivity index (χ3n) is 8.23. The second-order valence-electron chi connectivity index (χ2n) is 12.4. The number of hydrogen-bond acceptors (Lipinski definition) is 8. The van der Waals surface area contributed by atoms with E-state index in [4.69, 9.17) is 4.52 Å². The Hall–Kier alpha value is -6.24. The number of rotatable bonds is 8. The first-order valence-electron chi connectivity index (χ1n) is 17.5. The zero-order valence-corrected chi connectivity index (χ0v) is 32.0. The van der Waals surface area contributed by atoms with E-state index >= 15 is 0 Å². The van der Waals surface area contributed by atoms with E-state index in [-0.39, 0.29) is 23.1 Å². The molecule has 1 atom stereocenters. The summed E-state index contributed by atoms with van der Waals surface area (Å²) in [6.07, 6.45) is 6.24.